The molecule has 2 heterocycles. The summed E-state index contributed by atoms with van der Waals surface area (Å²) < 4.78 is 5.77. The molecule has 2 rings (SSSR count). The fourth-order valence-corrected chi connectivity index (χ4v) is 2.27. The van der Waals surface area contributed by atoms with Crippen LogP contribution in [0.3, 0.4) is 0 Å². The lowest BCUT2D eigenvalue weighted by Crippen LogP contribution is -2.36. The van der Waals surface area contributed by atoms with Gasteiger partial charge in [-0.2, -0.15) is 0 Å². The molecule has 0 spiro atoms. The Morgan fingerprint density at radius 3 is 3.05 bits per heavy atom. The number of methoxy groups -OCH3 is 1. The molecule has 0 saturated carbocycles. The maximum absolute atomic E-state index is 11.8. The number of ether oxygens (including phenoxy) is 1. The molecular weight excluding hydrogens is 336 g/mol. The highest BCUT2D eigenvalue weighted by molar-refractivity contribution is 9.10. The van der Waals surface area contributed by atoms with E-state index in [0.29, 0.717) is 13.2 Å². The molecule has 0 unspecified atom stereocenters. The number of nitrogens with zero attached hydrogens (tertiary/aromatic N) is 3. The van der Waals surface area contributed by atoms with E-state index < -0.39 is 0 Å². The normalized spacial score (nSPS) is 10.6. The van der Waals surface area contributed by atoms with Gasteiger partial charge in [-0.25, -0.2) is 0 Å². The molecule has 0 radical (unpaired) electrons. The SMILES string of the molecule is COCCNC(=O)CN(C)c1ccnc2cc(Br)cnc12. The van der Waals surface area contributed by atoms with Gasteiger partial charge in [-0.1, -0.05) is 0 Å². The van der Waals surface area contributed by atoms with Crippen molar-refractivity contribution < 1.29 is 9.53 Å². The van der Waals surface area contributed by atoms with Crippen LogP contribution in [0, 0.1) is 0 Å². The average Bonchev–Trinajstić information content (AvgIpc) is 2.46. The number of hydrogen-bond donors (Lipinski definition) is 1. The summed E-state index contributed by atoms with van der Waals surface area (Å²) >= 11 is 3.38. The van der Waals surface area contributed by atoms with Crippen LogP contribution in [0.5, 0.6) is 0 Å². The number of amides is 1. The molecule has 0 fully saturated rings. The van der Waals surface area contributed by atoms with E-state index in [1.165, 1.54) is 0 Å². The van der Waals surface area contributed by atoms with Crippen LogP contribution in [0.15, 0.2) is 29.0 Å². The van der Waals surface area contributed by atoms with Gasteiger partial charge in [-0.3, -0.25) is 14.8 Å². The minimum Gasteiger partial charge on any atom is -0.383 e. The Bertz CT molecular complexity index is 635. The van der Waals surface area contributed by atoms with E-state index in [0.717, 1.165) is 21.2 Å². The maximum Gasteiger partial charge on any atom is 0.239 e. The maximum atomic E-state index is 11.8. The third-order valence-corrected chi connectivity index (χ3v) is 3.38. The number of fused-ring (bicyclic) bond motifs is 1. The Hall–Kier alpha value is -1.73. The molecule has 1 N–H and O–H groups in total. The topological polar surface area (TPSA) is 67.3 Å². The predicted molar refractivity (Wildman–Crippen MR) is 85.4 cm³/mol. The second-order valence-electron chi connectivity index (χ2n) is 4.55. The van der Waals surface area contributed by atoms with Crippen molar-refractivity contribution in [3.8, 4) is 0 Å². The van der Waals surface area contributed by atoms with Crippen LogP contribution in [0.2, 0.25) is 0 Å². The highest BCUT2D eigenvalue weighted by Crippen LogP contribution is 2.24. The fraction of sp³-hybridized carbons (Fsp3) is 0.357. The van der Waals surface area contributed by atoms with Gasteiger partial charge in [-0.15, -0.1) is 0 Å². The molecular formula is C14H17BrN4O2. The predicted octanol–water partition coefficient (Wildman–Crippen LogP) is 1.59. The first-order valence-corrected chi connectivity index (χ1v) is 7.28. The van der Waals surface area contributed by atoms with E-state index >= 15 is 0 Å². The minimum atomic E-state index is -0.0587. The van der Waals surface area contributed by atoms with E-state index in [9.17, 15) is 4.79 Å². The van der Waals surface area contributed by atoms with Gasteiger partial charge in [-0.05, 0) is 28.1 Å². The zero-order valence-corrected chi connectivity index (χ0v) is 13.6. The number of anilines is 1. The molecule has 2 aromatic rings. The summed E-state index contributed by atoms with van der Waals surface area (Å²) in [4.78, 5) is 22.4. The van der Waals surface area contributed by atoms with Gasteiger partial charge in [0.2, 0.25) is 5.91 Å². The van der Waals surface area contributed by atoms with E-state index in [4.69, 9.17) is 4.74 Å². The van der Waals surface area contributed by atoms with Crippen LogP contribution in [0.4, 0.5) is 5.69 Å². The minimum absolute atomic E-state index is 0.0587. The highest BCUT2D eigenvalue weighted by atomic mass is 79.9. The summed E-state index contributed by atoms with van der Waals surface area (Å²) in [6.45, 7) is 1.26. The van der Waals surface area contributed by atoms with Crippen LogP contribution in [0.1, 0.15) is 0 Å². The number of halogens is 1. The lowest BCUT2D eigenvalue weighted by Gasteiger charge is -2.19. The second kappa shape index (κ2) is 7.33. The molecule has 0 aromatic carbocycles. The third kappa shape index (κ3) is 4.12. The number of likely N-dealkylation sites (N-methyl/N-ethyl adjacent to an activating group) is 1. The highest BCUT2D eigenvalue weighted by Gasteiger charge is 2.11. The number of carbonyl (C=O) groups is 1. The molecule has 0 bridgehead atoms. The summed E-state index contributed by atoms with van der Waals surface area (Å²) in [5.74, 6) is -0.0587. The summed E-state index contributed by atoms with van der Waals surface area (Å²) in [7, 11) is 3.46. The van der Waals surface area contributed by atoms with Crippen molar-refractivity contribution in [2.45, 2.75) is 0 Å². The molecule has 0 aliphatic rings. The molecule has 0 aliphatic carbocycles. The standard InChI is InChI=1S/C14H17BrN4O2/c1-19(9-13(20)17-5-6-21-2)12-3-4-16-11-7-10(15)8-18-14(11)12/h3-4,7-8H,5-6,9H2,1-2H3,(H,17,20). The fourth-order valence-electron chi connectivity index (χ4n) is 1.95. The van der Waals surface area contributed by atoms with Gasteiger partial charge in [0.05, 0.1) is 24.4 Å². The van der Waals surface area contributed by atoms with E-state index in [1.807, 2.05) is 24.1 Å². The molecule has 112 valence electrons. The number of pyridine rings is 2. The number of hydrogen-bond acceptors (Lipinski definition) is 5. The smallest absolute Gasteiger partial charge is 0.239 e. The number of aromatic nitrogens is 2. The van der Waals surface area contributed by atoms with E-state index in [2.05, 4.69) is 31.2 Å². The average molecular weight is 353 g/mol. The van der Waals surface area contributed by atoms with Crippen LogP contribution < -0.4 is 10.2 Å². The van der Waals surface area contributed by atoms with Crippen molar-refractivity contribution in [2.75, 3.05) is 38.8 Å². The second-order valence-corrected chi connectivity index (χ2v) is 5.47. The largest absolute Gasteiger partial charge is 0.383 e. The first-order valence-electron chi connectivity index (χ1n) is 6.49. The molecule has 6 nitrogen and oxygen atoms in total. The summed E-state index contributed by atoms with van der Waals surface area (Å²) in [6.07, 6.45) is 3.44. The summed E-state index contributed by atoms with van der Waals surface area (Å²) in [5.41, 5.74) is 2.43. The molecule has 2 aromatic heterocycles. The zero-order chi connectivity index (χ0) is 15.2. The first kappa shape index (κ1) is 15.7. The lowest BCUT2D eigenvalue weighted by atomic mass is 10.2. The molecule has 1 amide bonds. The molecule has 7 heteroatoms. The zero-order valence-electron chi connectivity index (χ0n) is 12.0. The van der Waals surface area contributed by atoms with E-state index in [-0.39, 0.29) is 12.5 Å². The van der Waals surface area contributed by atoms with E-state index in [1.54, 1.807) is 19.5 Å². The van der Waals surface area contributed by atoms with Gasteiger partial charge in [0.15, 0.2) is 0 Å². The Morgan fingerprint density at radius 1 is 1.48 bits per heavy atom. The van der Waals surface area contributed by atoms with Crippen molar-refractivity contribution in [1.82, 2.24) is 15.3 Å². The lowest BCUT2D eigenvalue weighted by molar-refractivity contribution is -0.119. The van der Waals surface area contributed by atoms with Gasteiger partial charge in [0, 0.05) is 37.6 Å². The number of nitrogens with one attached hydrogen (secondary N) is 1. The van der Waals surface area contributed by atoms with Crippen molar-refractivity contribution >= 4 is 38.6 Å². The first-order chi connectivity index (χ1) is 10.1. The Morgan fingerprint density at radius 2 is 2.29 bits per heavy atom. The van der Waals surface area contributed by atoms with Crippen molar-refractivity contribution in [2.24, 2.45) is 0 Å². The monoisotopic (exact) mass is 352 g/mol. The van der Waals surface area contributed by atoms with Crippen LogP contribution in [0.25, 0.3) is 11.0 Å². The summed E-state index contributed by atoms with van der Waals surface area (Å²) in [5, 5.41) is 2.79. The van der Waals surface area contributed by atoms with Crippen LogP contribution in [-0.4, -0.2) is 49.7 Å². The molecule has 21 heavy (non-hydrogen) atoms. The van der Waals surface area contributed by atoms with Gasteiger partial charge >= 0.3 is 0 Å². The summed E-state index contributed by atoms with van der Waals surface area (Å²) in [6, 6.07) is 3.75. The third-order valence-electron chi connectivity index (χ3n) is 2.94. The molecule has 0 saturated heterocycles. The van der Waals surface area contributed by atoms with Crippen LogP contribution in [-0.2, 0) is 9.53 Å². The molecule has 0 atom stereocenters. The molecule has 0 aliphatic heterocycles. The van der Waals surface area contributed by atoms with Crippen molar-refractivity contribution in [1.29, 1.82) is 0 Å². The number of carbonyl (C=O) groups excluding carboxylic acids is 1. The quantitative estimate of drug-likeness (QED) is 0.799. The van der Waals surface area contributed by atoms with Crippen LogP contribution >= 0.6 is 15.9 Å². The Balaban J connectivity index is 2.12. The Kier molecular flexibility index (Phi) is 5.46. The van der Waals surface area contributed by atoms with Crippen molar-refractivity contribution in [3.63, 3.8) is 0 Å². The van der Waals surface area contributed by atoms with Gasteiger partial charge < -0.3 is 15.0 Å². The Labute approximate surface area is 131 Å². The van der Waals surface area contributed by atoms with Gasteiger partial charge in [0.1, 0.15) is 5.52 Å². The van der Waals surface area contributed by atoms with Crippen molar-refractivity contribution in [3.05, 3.63) is 29.0 Å². The van der Waals surface area contributed by atoms with Gasteiger partial charge in [0.25, 0.3) is 0 Å². The number of rotatable bonds is 6.